The van der Waals surface area contributed by atoms with Gasteiger partial charge in [-0.25, -0.2) is 4.39 Å². The largest absolute Gasteiger partial charge is 0.363 e. The number of carbonyl (C=O) groups excluding carboxylic acids is 1. The Morgan fingerprint density at radius 2 is 2.05 bits per heavy atom. The fourth-order valence-corrected chi connectivity index (χ4v) is 2.26. The molecule has 1 aromatic carbocycles. The Hall–Kier alpha value is -2.02. The fourth-order valence-electron chi connectivity index (χ4n) is 1.70. The zero-order chi connectivity index (χ0) is 14.8. The summed E-state index contributed by atoms with van der Waals surface area (Å²) in [7, 11) is 0. The number of hydrogen-bond donors (Lipinski definition) is 2. The van der Waals surface area contributed by atoms with Crippen molar-refractivity contribution in [2.75, 3.05) is 11.9 Å². The van der Waals surface area contributed by atoms with Crippen LogP contribution in [0.5, 0.6) is 0 Å². The molecule has 2 rings (SSSR count). The van der Waals surface area contributed by atoms with Crippen LogP contribution in [0.4, 0.5) is 9.52 Å². The van der Waals surface area contributed by atoms with E-state index in [0.29, 0.717) is 11.7 Å². The van der Waals surface area contributed by atoms with E-state index in [-0.39, 0.29) is 17.1 Å². The quantitative estimate of drug-likeness (QED) is 0.885. The maximum Gasteiger partial charge on any atom is 0.287 e. The second-order valence-electron chi connectivity index (χ2n) is 5.03. The van der Waals surface area contributed by atoms with Crippen LogP contribution in [-0.4, -0.2) is 21.8 Å². The van der Waals surface area contributed by atoms with E-state index in [1.807, 2.05) is 13.8 Å². The van der Waals surface area contributed by atoms with Gasteiger partial charge in [-0.15, -0.1) is 0 Å². The van der Waals surface area contributed by atoms with Gasteiger partial charge in [-0.05, 0) is 17.7 Å². The van der Waals surface area contributed by atoms with E-state index >= 15 is 0 Å². The van der Waals surface area contributed by atoms with Crippen LogP contribution in [0.15, 0.2) is 24.3 Å². The van der Waals surface area contributed by atoms with E-state index in [9.17, 15) is 9.18 Å². The van der Waals surface area contributed by atoms with E-state index in [1.165, 1.54) is 12.1 Å². The summed E-state index contributed by atoms with van der Waals surface area (Å²) >= 11 is 1.08. The number of hydrogen-bond acceptors (Lipinski definition) is 5. The number of nitrogens with zero attached hydrogens (tertiary/aromatic N) is 2. The van der Waals surface area contributed by atoms with Gasteiger partial charge in [0.15, 0.2) is 0 Å². The van der Waals surface area contributed by atoms with E-state index in [4.69, 9.17) is 5.73 Å². The molecule has 0 aliphatic rings. The van der Waals surface area contributed by atoms with Crippen LogP contribution in [-0.2, 0) is 5.41 Å². The number of halogens is 1. The predicted octanol–water partition coefficient (Wildman–Crippen LogP) is 2.17. The van der Waals surface area contributed by atoms with Crippen molar-refractivity contribution >= 4 is 22.6 Å². The summed E-state index contributed by atoms with van der Waals surface area (Å²) in [6, 6.07) is 6.39. The van der Waals surface area contributed by atoms with Gasteiger partial charge in [0.25, 0.3) is 5.91 Å². The minimum absolute atomic E-state index is 0.0112. The van der Waals surface area contributed by atoms with Gasteiger partial charge in [-0.1, -0.05) is 26.0 Å². The molecule has 0 bridgehead atoms. The van der Waals surface area contributed by atoms with Gasteiger partial charge in [-0.2, -0.15) is 9.36 Å². The van der Waals surface area contributed by atoms with E-state index < -0.39 is 5.91 Å². The van der Waals surface area contributed by atoms with Gasteiger partial charge in [0.05, 0.1) is 0 Å². The Morgan fingerprint density at radius 1 is 1.40 bits per heavy atom. The molecule has 0 radical (unpaired) electrons. The van der Waals surface area contributed by atoms with Gasteiger partial charge in [-0.3, -0.25) is 4.79 Å². The highest BCUT2D eigenvalue weighted by Gasteiger charge is 2.21. The van der Waals surface area contributed by atoms with Gasteiger partial charge in [0.2, 0.25) is 11.0 Å². The summed E-state index contributed by atoms with van der Waals surface area (Å²) in [5, 5.41) is 3.65. The average Bonchev–Trinajstić information content (AvgIpc) is 2.86. The van der Waals surface area contributed by atoms with E-state index in [2.05, 4.69) is 14.7 Å². The molecule has 2 aromatic rings. The van der Waals surface area contributed by atoms with E-state index in [0.717, 1.165) is 17.1 Å². The summed E-state index contributed by atoms with van der Waals surface area (Å²) in [4.78, 5) is 14.9. The van der Waals surface area contributed by atoms with Crippen molar-refractivity contribution in [3.8, 4) is 0 Å². The molecule has 1 aromatic heterocycles. The van der Waals surface area contributed by atoms with Crippen LogP contribution < -0.4 is 11.1 Å². The molecule has 0 aliphatic heterocycles. The van der Waals surface area contributed by atoms with Crippen molar-refractivity contribution < 1.29 is 9.18 Å². The maximum absolute atomic E-state index is 12.9. The summed E-state index contributed by atoms with van der Waals surface area (Å²) in [6.07, 6.45) is 0. The summed E-state index contributed by atoms with van der Waals surface area (Å²) < 4.78 is 16.8. The van der Waals surface area contributed by atoms with Crippen molar-refractivity contribution in [1.29, 1.82) is 0 Å². The third kappa shape index (κ3) is 3.30. The zero-order valence-electron chi connectivity index (χ0n) is 11.2. The van der Waals surface area contributed by atoms with Gasteiger partial charge >= 0.3 is 0 Å². The average molecular weight is 294 g/mol. The molecule has 0 saturated heterocycles. The molecular weight excluding hydrogens is 279 g/mol. The Morgan fingerprint density at radius 3 is 2.60 bits per heavy atom. The molecule has 0 spiro atoms. The Kier molecular flexibility index (Phi) is 3.99. The van der Waals surface area contributed by atoms with Crippen LogP contribution in [0, 0.1) is 5.82 Å². The molecule has 0 atom stereocenters. The first-order chi connectivity index (χ1) is 9.38. The van der Waals surface area contributed by atoms with E-state index in [1.54, 1.807) is 12.1 Å². The Bertz CT molecular complexity index is 609. The van der Waals surface area contributed by atoms with Gasteiger partial charge < -0.3 is 11.1 Å². The van der Waals surface area contributed by atoms with Crippen molar-refractivity contribution in [2.45, 2.75) is 19.3 Å². The first-order valence-corrected chi connectivity index (χ1v) is 6.79. The second-order valence-corrected chi connectivity index (χ2v) is 5.78. The predicted molar refractivity (Wildman–Crippen MR) is 76.3 cm³/mol. The lowest BCUT2D eigenvalue weighted by molar-refractivity contribution is 0.0992. The molecule has 3 N–H and O–H groups in total. The van der Waals surface area contributed by atoms with Gasteiger partial charge in [0.1, 0.15) is 5.82 Å². The number of primary amides is 1. The van der Waals surface area contributed by atoms with Crippen molar-refractivity contribution in [1.82, 2.24) is 9.36 Å². The fraction of sp³-hybridized carbons (Fsp3) is 0.308. The highest BCUT2D eigenvalue weighted by atomic mass is 32.1. The van der Waals surface area contributed by atoms with Crippen LogP contribution >= 0.6 is 11.5 Å². The van der Waals surface area contributed by atoms with Crippen LogP contribution in [0.3, 0.4) is 0 Å². The normalized spacial score (nSPS) is 11.3. The first kappa shape index (κ1) is 14.4. The first-order valence-electron chi connectivity index (χ1n) is 6.02. The summed E-state index contributed by atoms with van der Waals surface area (Å²) in [5.74, 6) is -0.892. The number of carbonyl (C=O) groups is 1. The minimum atomic E-state index is -0.646. The Labute approximate surface area is 120 Å². The maximum atomic E-state index is 12.9. The summed E-state index contributed by atoms with van der Waals surface area (Å²) in [5.41, 5.74) is 5.88. The summed E-state index contributed by atoms with van der Waals surface area (Å²) in [6.45, 7) is 4.64. The lowest BCUT2D eigenvalue weighted by Crippen LogP contribution is -2.27. The van der Waals surface area contributed by atoms with Crippen LogP contribution in [0.1, 0.15) is 30.0 Å². The Balaban J connectivity index is 2.04. The van der Waals surface area contributed by atoms with Crippen LogP contribution in [0.25, 0.3) is 0 Å². The lowest BCUT2D eigenvalue weighted by atomic mass is 9.85. The molecule has 7 heteroatoms. The topological polar surface area (TPSA) is 80.9 Å². The molecule has 106 valence electrons. The van der Waals surface area contributed by atoms with Crippen LogP contribution in [0.2, 0.25) is 0 Å². The van der Waals surface area contributed by atoms with Crippen molar-refractivity contribution in [3.63, 3.8) is 0 Å². The minimum Gasteiger partial charge on any atom is -0.363 e. The standard InChI is InChI=1S/C13H15FN4OS/c1-13(2,8-3-5-9(14)6-4-8)7-16-12-17-11(10(15)19)18-20-12/h3-6H,7H2,1-2H3,(H2,15,19)(H,16,17,18). The molecule has 0 aliphatic carbocycles. The molecule has 5 nitrogen and oxygen atoms in total. The molecule has 0 unspecified atom stereocenters. The molecule has 20 heavy (non-hydrogen) atoms. The highest BCUT2D eigenvalue weighted by Crippen LogP contribution is 2.24. The molecule has 0 fully saturated rings. The lowest BCUT2D eigenvalue weighted by Gasteiger charge is -2.25. The number of aromatic nitrogens is 2. The number of benzene rings is 1. The highest BCUT2D eigenvalue weighted by molar-refractivity contribution is 7.09. The van der Waals surface area contributed by atoms with Crippen molar-refractivity contribution in [2.24, 2.45) is 5.73 Å². The monoisotopic (exact) mass is 294 g/mol. The molecule has 1 amide bonds. The molecule has 1 heterocycles. The molecular formula is C13H15FN4OS. The third-order valence-corrected chi connectivity index (χ3v) is 3.63. The smallest absolute Gasteiger partial charge is 0.287 e. The number of nitrogens with one attached hydrogen (secondary N) is 1. The SMILES string of the molecule is CC(C)(CNc1nc(C(N)=O)ns1)c1ccc(F)cc1. The second kappa shape index (κ2) is 5.54. The third-order valence-electron chi connectivity index (χ3n) is 2.95. The zero-order valence-corrected chi connectivity index (χ0v) is 12.0. The van der Waals surface area contributed by atoms with Gasteiger partial charge in [0, 0.05) is 23.5 Å². The number of nitrogens with two attached hydrogens (primary N) is 1. The number of rotatable bonds is 5. The van der Waals surface area contributed by atoms with Crippen molar-refractivity contribution in [3.05, 3.63) is 41.5 Å². The molecule has 0 saturated carbocycles. The number of amides is 1. The number of anilines is 1.